The average Bonchev–Trinajstić information content (AvgIpc) is 3.09. The summed E-state index contributed by atoms with van der Waals surface area (Å²) in [5, 5.41) is 1.68. The predicted molar refractivity (Wildman–Crippen MR) is 118 cm³/mol. The van der Waals surface area contributed by atoms with Crippen LogP contribution >= 0.6 is 34.8 Å². The number of halogens is 3. The fourth-order valence-corrected chi connectivity index (χ4v) is 3.60. The lowest BCUT2D eigenvalue weighted by molar-refractivity contribution is 0.300. The Balaban J connectivity index is 1.96. The number of rotatable bonds is 6. The van der Waals surface area contributed by atoms with Gasteiger partial charge < -0.3 is 4.74 Å². The summed E-state index contributed by atoms with van der Waals surface area (Å²) in [6, 6.07) is 12.7. The summed E-state index contributed by atoms with van der Waals surface area (Å²) < 4.78 is 7.78. The molecule has 148 valence electrons. The number of nitrogens with zero attached hydrogens (tertiary/aromatic N) is 4. The van der Waals surface area contributed by atoms with Gasteiger partial charge in [-0.25, -0.2) is 9.97 Å². The van der Waals surface area contributed by atoms with E-state index in [0.29, 0.717) is 44.5 Å². The van der Waals surface area contributed by atoms with Crippen molar-refractivity contribution in [1.29, 1.82) is 0 Å². The molecule has 0 aliphatic rings. The molecule has 0 aliphatic carbocycles. The molecule has 0 N–H and O–H groups in total. The van der Waals surface area contributed by atoms with E-state index in [1.54, 1.807) is 12.1 Å². The molecule has 0 fully saturated rings. The van der Waals surface area contributed by atoms with Crippen molar-refractivity contribution in [2.24, 2.45) is 0 Å². The van der Waals surface area contributed by atoms with Crippen molar-refractivity contribution in [1.82, 2.24) is 19.5 Å². The standard InChI is InChI=1S/C21H17Cl3N4O/c1-2-3-10-29-21-18-20(25-12-26-21)28(15-7-4-13(22)5-8-15)19(27-18)16-9-6-14(23)11-17(16)24/h4-9,11-12H,2-3,10H2,1H3. The molecule has 0 saturated heterocycles. The van der Waals surface area contributed by atoms with E-state index >= 15 is 0 Å². The number of unbranched alkanes of at least 4 members (excludes halogenated alkanes) is 1. The van der Waals surface area contributed by atoms with E-state index in [1.165, 1.54) is 6.33 Å². The van der Waals surface area contributed by atoms with Gasteiger partial charge in [-0.05, 0) is 48.9 Å². The minimum atomic E-state index is 0.447. The van der Waals surface area contributed by atoms with Crippen LogP contribution in [0.2, 0.25) is 15.1 Å². The molecule has 0 aliphatic heterocycles. The molecule has 8 heteroatoms. The van der Waals surface area contributed by atoms with Gasteiger partial charge in [-0.1, -0.05) is 48.1 Å². The number of benzene rings is 2. The Kier molecular flexibility index (Phi) is 5.90. The van der Waals surface area contributed by atoms with Crippen LogP contribution in [0.15, 0.2) is 48.8 Å². The summed E-state index contributed by atoms with van der Waals surface area (Å²) >= 11 is 18.7. The van der Waals surface area contributed by atoms with Crippen LogP contribution in [0, 0.1) is 0 Å². The van der Waals surface area contributed by atoms with Gasteiger partial charge in [0.15, 0.2) is 11.2 Å². The van der Waals surface area contributed by atoms with Crippen molar-refractivity contribution in [3.8, 4) is 23.0 Å². The van der Waals surface area contributed by atoms with Gasteiger partial charge in [-0.2, -0.15) is 4.98 Å². The van der Waals surface area contributed by atoms with Crippen LogP contribution < -0.4 is 4.74 Å². The number of imidazole rings is 1. The summed E-state index contributed by atoms with van der Waals surface area (Å²) in [7, 11) is 0. The Morgan fingerprint density at radius 1 is 0.966 bits per heavy atom. The Labute approximate surface area is 183 Å². The van der Waals surface area contributed by atoms with E-state index in [1.807, 2.05) is 34.9 Å². The molecule has 0 saturated carbocycles. The highest BCUT2D eigenvalue weighted by atomic mass is 35.5. The van der Waals surface area contributed by atoms with Crippen LogP contribution in [-0.2, 0) is 0 Å². The van der Waals surface area contributed by atoms with Gasteiger partial charge in [0, 0.05) is 21.3 Å². The molecule has 0 amide bonds. The van der Waals surface area contributed by atoms with Gasteiger partial charge in [0.05, 0.1) is 11.6 Å². The zero-order valence-corrected chi connectivity index (χ0v) is 17.8. The maximum absolute atomic E-state index is 6.49. The SMILES string of the molecule is CCCCOc1ncnc2c1nc(-c1ccc(Cl)cc1Cl)n2-c1ccc(Cl)cc1. The van der Waals surface area contributed by atoms with E-state index in [-0.39, 0.29) is 0 Å². The molecule has 0 unspecified atom stereocenters. The van der Waals surface area contributed by atoms with Crippen molar-refractivity contribution in [3.05, 3.63) is 63.9 Å². The molecular formula is C21H17Cl3N4O. The monoisotopic (exact) mass is 446 g/mol. The first-order valence-electron chi connectivity index (χ1n) is 9.16. The number of hydrogen-bond donors (Lipinski definition) is 0. The Morgan fingerprint density at radius 3 is 2.45 bits per heavy atom. The smallest absolute Gasteiger partial charge is 0.245 e. The van der Waals surface area contributed by atoms with Gasteiger partial charge in [0.25, 0.3) is 0 Å². The van der Waals surface area contributed by atoms with E-state index in [9.17, 15) is 0 Å². The second kappa shape index (κ2) is 8.57. The molecule has 5 nitrogen and oxygen atoms in total. The highest BCUT2D eigenvalue weighted by Gasteiger charge is 2.21. The average molecular weight is 448 g/mol. The van der Waals surface area contributed by atoms with E-state index in [4.69, 9.17) is 44.5 Å². The molecule has 29 heavy (non-hydrogen) atoms. The first-order valence-corrected chi connectivity index (χ1v) is 10.3. The molecule has 2 aromatic carbocycles. The third kappa shape index (κ3) is 4.04. The van der Waals surface area contributed by atoms with E-state index in [2.05, 4.69) is 16.9 Å². The molecule has 4 aromatic rings. The molecule has 0 atom stereocenters. The topological polar surface area (TPSA) is 52.8 Å². The lowest BCUT2D eigenvalue weighted by atomic mass is 10.2. The minimum Gasteiger partial charge on any atom is -0.476 e. The first-order chi connectivity index (χ1) is 14.1. The van der Waals surface area contributed by atoms with Gasteiger partial charge in [-0.15, -0.1) is 0 Å². The first kappa shape index (κ1) is 20.0. The van der Waals surface area contributed by atoms with E-state index in [0.717, 1.165) is 24.1 Å². The normalized spacial score (nSPS) is 11.2. The highest BCUT2D eigenvalue weighted by molar-refractivity contribution is 6.36. The number of fused-ring (bicyclic) bond motifs is 1. The van der Waals surface area contributed by atoms with Crippen molar-refractivity contribution in [2.45, 2.75) is 19.8 Å². The number of ether oxygens (including phenoxy) is 1. The van der Waals surface area contributed by atoms with Crippen molar-refractivity contribution in [3.63, 3.8) is 0 Å². The van der Waals surface area contributed by atoms with Crippen LogP contribution in [0.5, 0.6) is 5.88 Å². The lowest BCUT2D eigenvalue weighted by Crippen LogP contribution is -2.01. The van der Waals surface area contributed by atoms with Crippen molar-refractivity contribution in [2.75, 3.05) is 6.61 Å². The zero-order chi connectivity index (χ0) is 20.4. The van der Waals surface area contributed by atoms with Gasteiger partial charge >= 0.3 is 0 Å². The summed E-state index contributed by atoms with van der Waals surface area (Å²) in [6.45, 7) is 2.67. The second-order valence-electron chi connectivity index (χ2n) is 6.42. The minimum absolute atomic E-state index is 0.447. The lowest BCUT2D eigenvalue weighted by Gasteiger charge is -2.10. The van der Waals surface area contributed by atoms with E-state index < -0.39 is 0 Å². The Morgan fingerprint density at radius 2 is 1.72 bits per heavy atom. The molecule has 0 spiro atoms. The molecule has 0 bridgehead atoms. The van der Waals surface area contributed by atoms with Crippen molar-refractivity contribution < 1.29 is 4.74 Å². The van der Waals surface area contributed by atoms with Crippen LogP contribution in [0.1, 0.15) is 19.8 Å². The Bertz CT molecular complexity index is 1160. The van der Waals surface area contributed by atoms with Gasteiger partial charge in [-0.3, -0.25) is 4.57 Å². The molecule has 2 heterocycles. The van der Waals surface area contributed by atoms with Gasteiger partial charge in [0.2, 0.25) is 5.88 Å². The number of aromatic nitrogens is 4. The summed E-state index contributed by atoms with van der Waals surface area (Å²) in [4.78, 5) is 13.6. The quantitative estimate of drug-likeness (QED) is 0.312. The fraction of sp³-hybridized carbons (Fsp3) is 0.190. The van der Waals surface area contributed by atoms with Crippen LogP contribution in [0.25, 0.3) is 28.2 Å². The predicted octanol–water partition coefficient (Wildman–Crippen LogP) is 6.62. The summed E-state index contributed by atoms with van der Waals surface area (Å²) in [5.41, 5.74) is 2.76. The van der Waals surface area contributed by atoms with Crippen LogP contribution in [0.4, 0.5) is 0 Å². The van der Waals surface area contributed by atoms with Crippen molar-refractivity contribution >= 4 is 46.0 Å². The summed E-state index contributed by atoms with van der Waals surface area (Å²) in [6.07, 6.45) is 3.43. The third-order valence-corrected chi connectivity index (χ3v) is 5.20. The third-order valence-electron chi connectivity index (χ3n) is 4.40. The highest BCUT2D eigenvalue weighted by Crippen LogP contribution is 2.35. The van der Waals surface area contributed by atoms with Gasteiger partial charge in [0.1, 0.15) is 12.2 Å². The van der Waals surface area contributed by atoms with Crippen LogP contribution in [-0.4, -0.2) is 26.1 Å². The zero-order valence-electron chi connectivity index (χ0n) is 15.6. The molecule has 4 rings (SSSR count). The van der Waals surface area contributed by atoms with Crippen LogP contribution in [0.3, 0.4) is 0 Å². The number of hydrogen-bond acceptors (Lipinski definition) is 4. The molecule has 0 radical (unpaired) electrons. The molecular weight excluding hydrogens is 431 g/mol. The second-order valence-corrected chi connectivity index (χ2v) is 7.70. The fourth-order valence-electron chi connectivity index (χ4n) is 2.98. The Hall–Kier alpha value is -2.34. The summed E-state index contributed by atoms with van der Waals surface area (Å²) in [5.74, 6) is 1.06. The largest absolute Gasteiger partial charge is 0.476 e. The molecule has 2 aromatic heterocycles. The maximum Gasteiger partial charge on any atom is 0.245 e. The maximum atomic E-state index is 6.49.